The first-order valence-electron chi connectivity index (χ1n) is 5.31. The average molecular weight is 231 g/mol. The van der Waals surface area contributed by atoms with Gasteiger partial charge in [0.05, 0.1) is 0 Å². The van der Waals surface area contributed by atoms with Gasteiger partial charge in [-0.15, -0.1) is 0 Å². The van der Waals surface area contributed by atoms with Crippen molar-refractivity contribution in [3.8, 4) is 5.75 Å². The Hall–Kier alpha value is -2.30. The topological polar surface area (TPSA) is 70.1 Å². The maximum atomic E-state index is 11.9. The summed E-state index contributed by atoms with van der Waals surface area (Å²) in [7, 11) is 0. The highest BCUT2D eigenvalue weighted by atomic mass is 16.5. The van der Waals surface area contributed by atoms with Gasteiger partial charge in [-0.05, 0) is 19.1 Å². The molecular weight excluding hydrogens is 218 g/mol. The van der Waals surface area contributed by atoms with Crippen LogP contribution in [-0.2, 0) is 6.54 Å². The standard InChI is InChI=1S/C12H13N3O2/c1-2-15-10(8-11(13)14-15)12(16)17-9-6-4-3-5-7-9/h3-8H,2H2,1H3,(H2,13,14). The van der Waals surface area contributed by atoms with Gasteiger partial charge in [0.25, 0.3) is 0 Å². The number of aryl methyl sites for hydroxylation is 1. The van der Waals surface area contributed by atoms with Gasteiger partial charge in [-0.3, -0.25) is 4.68 Å². The number of nitrogen functional groups attached to an aromatic ring is 1. The number of anilines is 1. The van der Waals surface area contributed by atoms with E-state index < -0.39 is 5.97 Å². The number of carbonyl (C=O) groups excluding carboxylic acids is 1. The average Bonchev–Trinajstić information content (AvgIpc) is 2.72. The lowest BCUT2D eigenvalue weighted by molar-refractivity contribution is 0.0722. The molecule has 1 aromatic heterocycles. The third-order valence-corrected chi connectivity index (χ3v) is 2.26. The van der Waals surface area contributed by atoms with Gasteiger partial charge >= 0.3 is 5.97 Å². The number of hydrogen-bond acceptors (Lipinski definition) is 4. The van der Waals surface area contributed by atoms with E-state index in [1.807, 2.05) is 13.0 Å². The van der Waals surface area contributed by atoms with Gasteiger partial charge in [0.1, 0.15) is 17.3 Å². The first kappa shape index (κ1) is 11.2. The summed E-state index contributed by atoms with van der Waals surface area (Å²) in [6.45, 7) is 2.45. The van der Waals surface area contributed by atoms with Crippen LogP contribution in [0.5, 0.6) is 5.75 Å². The van der Waals surface area contributed by atoms with Crippen molar-refractivity contribution >= 4 is 11.8 Å². The lowest BCUT2D eigenvalue weighted by atomic mass is 10.3. The normalized spacial score (nSPS) is 10.2. The first-order chi connectivity index (χ1) is 8.20. The number of nitrogens with two attached hydrogens (primary N) is 1. The molecule has 1 heterocycles. The number of benzene rings is 1. The summed E-state index contributed by atoms with van der Waals surface area (Å²) >= 11 is 0. The molecule has 0 saturated heterocycles. The third kappa shape index (κ3) is 2.44. The number of hydrogen-bond donors (Lipinski definition) is 1. The minimum Gasteiger partial charge on any atom is -0.422 e. The van der Waals surface area contributed by atoms with Gasteiger partial charge in [-0.2, -0.15) is 5.10 Å². The highest BCUT2D eigenvalue weighted by Gasteiger charge is 2.15. The minimum absolute atomic E-state index is 0.312. The molecule has 0 aliphatic rings. The molecule has 88 valence electrons. The van der Waals surface area contributed by atoms with Gasteiger partial charge in [-0.25, -0.2) is 4.79 Å². The van der Waals surface area contributed by atoms with Crippen LogP contribution in [0.3, 0.4) is 0 Å². The van der Waals surface area contributed by atoms with Gasteiger partial charge in [0.2, 0.25) is 0 Å². The quantitative estimate of drug-likeness (QED) is 0.644. The monoisotopic (exact) mass is 231 g/mol. The van der Waals surface area contributed by atoms with Crippen LogP contribution in [0.4, 0.5) is 5.82 Å². The van der Waals surface area contributed by atoms with Crippen LogP contribution in [0, 0.1) is 0 Å². The molecule has 0 fully saturated rings. The van der Waals surface area contributed by atoms with Crippen molar-refractivity contribution in [1.29, 1.82) is 0 Å². The number of carbonyl (C=O) groups is 1. The molecule has 2 N–H and O–H groups in total. The van der Waals surface area contributed by atoms with Crippen LogP contribution in [0.15, 0.2) is 36.4 Å². The maximum absolute atomic E-state index is 11.9. The zero-order valence-electron chi connectivity index (χ0n) is 9.46. The summed E-state index contributed by atoms with van der Waals surface area (Å²) in [5.41, 5.74) is 5.90. The van der Waals surface area contributed by atoms with E-state index >= 15 is 0 Å². The maximum Gasteiger partial charge on any atom is 0.362 e. The molecule has 2 aromatic rings. The summed E-state index contributed by atoms with van der Waals surface area (Å²) < 4.78 is 6.72. The fourth-order valence-corrected chi connectivity index (χ4v) is 1.49. The molecule has 0 bridgehead atoms. The van der Waals surface area contributed by atoms with E-state index in [9.17, 15) is 4.79 Å². The highest BCUT2D eigenvalue weighted by molar-refractivity contribution is 5.90. The highest BCUT2D eigenvalue weighted by Crippen LogP contribution is 2.13. The Balaban J connectivity index is 2.20. The number of nitrogens with zero attached hydrogens (tertiary/aromatic N) is 2. The van der Waals surface area contributed by atoms with Gasteiger partial charge in [-0.1, -0.05) is 18.2 Å². The van der Waals surface area contributed by atoms with E-state index in [1.165, 1.54) is 10.7 Å². The zero-order chi connectivity index (χ0) is 12.3. The molecule has 0 unspecified atom stereocenters. The Morgan fingerprint density at radius 2 is 2.12 bits per heavy atom. The van der Waals surface area contributed by atoms with Crippen LogP contribution >= 0.6 is 0 Å². The van der Waals surface area contributed by atoms with E-state index in [0.717, 1.165) is 0 Å². The SMILES string of the molecule is CCn1nc(N)cc1C(=O)Oc1ccccc1. The second-order valence-electron chi connectivity index (χ2n) is 3.47. The second-order valence-corrected chi connectivity index (χ2v) is 3.47. The smallest absolute Gasteiger partial charge is 0.362 e. The van der Waals surface area contributed by atoms with Gasteiger partial charge in [0, 0.05) is 12.6 Å². The van der Waals surface area contributed by atoms with Crippen LogP contribution < -0.4 is 10.5 Å². The fourth-order valence-electron chi connectivity index (χ4n) is 1.49. The third-order valence-electron chi connectivity index (χ3n) is 2.26. The summed E-state index contributed by atoms with van der Waals surface area (Å²) in [6, 6.07) is 10.4. The van der Waals surface area contributed by atoms with E-state index in [2.05, 4.69) is 5.10 Å². The van der Waals surface area contributed by atoms with Crippen LogP contribution in [0.2, 0.25) is 0 Å². The van der Waals surface area contributed by atoms with Crippen molar-refractivity contribution in [3.05, 3.63) is 42.1 Å². The molecule has 0 aliphatic carbocycles. The number of esters is 1. The van der Waals surface area contributed by atoms with E-state index in [-0.39, 0.29) is 0 Å². The molecule has 0 aliphatic heterocycles. The van der Waals surface area contributed by atoms with Crippen molar-refractivity contribution in [3.63, 3.8) is 0 Å². The Bertz CT molecular complexity index is 520. The van der Waals surface area contributed by atoms with Crippen LogP contribution in [0.25, 0.3) is 0 Å². The summed E-state index contributed by atoms with van der Waals surface area (Å²) in [5.74, 6) is 0.356. The van der Waals surface area contributed by atoms with Crippen molar-refractivity contribution < 1.29 is 9.53 Å². The number of para-hydroxylation sites is 1. The fraction of sp³-hybridized carbons (Fsp3) is 0.167. The predicted molar refractivity (Wildman–Crippen MR) is 63.7 cm³/mol. The molecule has 2 rings (SSSR count). The number of rotatable bonds is 3. The Morgan fingerprint density at radius 1 is 1.41 bits per heavy atom. The van der Waals surface area contributed by atoms with Crippen molar-refractivity contribution in [2.45, 2.75) is 13.5 Å². The van der Waals surface area contributed by atoms with Crippen molar-refractivity contribution in [2.75, 3.05) is 5.73 Å². The molecule has 0 amide bonds. The molecular formula is C12H13N3O2. The zero-order valence-corrected chi connectivity index (χ0v) is 9.46. The number of aromatic nitrogens is 2. The molecule has 0 saturated carbocycles. The molecule has 5 nitrogen and oxygen atoms in total. The second kappa shape index (κ2) is 4.69. The Kier molecular flexibility index (Phi) is 3.09. The lowest BCUT2D eigenvalue weighted by Crippen LogP contribution is -2.14. The molecule has 5 heteroatoms. The van der Waals surface area contributed by atoms with Crippen LogP contribution in [-0.4, -0.2) is 15.7 Å². The van der Waals surface area contributed by atoms with Crippen LogP contribution in [0.1, 0.15) is 17.4 Å². The first-order valence-corrected chi connectivity index (χ1v) is 5.31. The molecule has 1 aromatic carbocycles. The predicted octanol–water partition coefficient (Wildman–Crippen LogP) is 1.70. The lowest BCUT2D eigenvalue weighted by Gasteiger charge is -2.04. The summed E-state index contributed by atoms with van der Waals surface area (Å²) in [5, 5.41) is 3.99. The number of ether oxygens (including phenoxy) is 1. The summed E-state index contributed by atoms with van der Waals surface area (Å²) in [4.78, 5) is 11.9. The molecule has 0 atom stereocenters. The molecule has 0 spiro atoms. The Labute approximate surface area is 98.8 Å². The van der Waals surface area contributed by atoms with Crippen molar-refractivity contribution in [2.24, 2.45) is 0 Å². The minimum atomic E-state index is -0.456. The summed E-state index contributed by atoms with van der Waals surface area (Å²) in [6.07, 6.45) is 0. The van der Waals surface area contributed by atoms with E-state index in [0.29, 0.717) is 23.8 Å². The Morgan fingerprint density at radius 3 is 2.76 bits per heavy atom. The largest absolute Gasteiger partial charge is 0.422 e. The van der Waals surface area contributed by atoms with Gasteiger partial charge in [0.15, 0.2) is 0 Å². The molecule has 0 radical (unpaired) electrons. The van der Waals surface area contributed by atoms with Crippen molar-refractivity contribution in [1.82, 2.24) is 9.78 Å². The van der Waals surface area contributed by atoms with Gasteiger partial charge < -0.3 is 10.5 Å². The van der Waals surface area contributed by atoms with E-state index in [1.54, 1.807) is 24.3 Å². The molecule has 17 heavy (non-hydrogen) atoms. The van der Waals surface area contributed by atoms with E-state index in [4.69, 9.17) is 10.5 Å².